The summed E-state index contributed by atoms with van der Waals surface area (Å²) in [6, 6.07) is 12.0. The Hall–Kier alpha value is -5.13. The molecule has 1 aliphatic heterocycles. The predicted octanol–water partition coefficient (Wildman–Crippen LogP) is 2.15. The number of aromatic hydroxyl groups is 2. The summed E-state index contributed by atoms with van der Waals surface area (Å²) in [6.07, 6.45) is -3.75. The number of carbonyl (C=O) groups excluding carboxylic acids is 5. The Morgan fingerprint density at radius 1 is 0.966 bits per heavy atom. The van der Waals surface area contributed by atoms with Crippen LogP contribution in [-0.2, 0) is 32.7 Å². The summed E-state index contributed by atoms with van der Waals surface area (Å²) in [5.41, 5.74) is -8.53. The standard InChI is InChI=1S/C43H45NO14/c1-19-14-22-15-29(48)43(57-4)40(54)32-24(39(53)42(43,55)33(22)37(52)30(19)27(46)13-9-8-12-21-10-6-5-7-11-21)16-23-31(36(32)51)28(47)17-26(34(23)49)44-41-25(18-45)35(50)38(56-3)20(2)58-41/h5-7,10-11,14,16-17,20,25,29,35,38,41,44-45,48,50-52,55H,8-9,12-13,15,18H2,1-4H3/t20-,25+,29+,35-,38-,41?,42-,43+/m0/s1. The molecule has 0 spiro atoms. The Kier molecular flexibility index (Phi) is 10.8. The molecule has 3 aromatic rings. The molecule has 0 radical (unpaired) electrons. The highest BCUT2D eigenvalue weighted by Gasteiger charge is 2.72. The van der Waals surface area contributed by atoms with Crippen molar-refractivity contribution in [2.45, 2.75) is 87.8 Å². The molecule has 0 bridgehead atoms. The van der Waals surface area contributed by atoms with Crippen LogP contribution in [0.4, 0.5) is 0 Å². The number of hydrogen-bond donors (Lipinski definition) is 7. The molecule has 3 aromatic carbocycles. The van der Waals surface area contributed by atoms with Crippen molar-refractivity contribution in [3.05, 3.63) is 104 Å². The van der Waals surface area contributed by atoms with Crippen molar-refractivity contribution in [1.29, 1.82) is 0 Å². The summed E-state index contributed by atoms with van der Waals surface area (Å²) < 4.78 is 16.8. The van der Waals surface area contributed by atoms with Crippen molar-refractivity contribution >= 4 is 28.9 Å². The average Bonchev–Trinajstić information content (AvgIpc) is 3.17. The van der Waals surface area contributed by atoms with Gasteiger partial charge in [-0.3, -0.25) is 24.0 Å². The number of ether oxygens (including phenoxy) is 3. The van der Waals surface area contributed by atoms with Gasteiger partial charge >= 0.3 is 0 Å². The fraction of sp³-hybridized carbons (Fsp3) is 0.419. The molecule has 4 aliphatic rings. The maximum atomic E-state index is 14.9. The SMILES string of the molecule is CO[C@@H]1[C@@H](O)[C@@H](CO)C(NC2=CC(=O)c3c(cc4c(c3O)C(=O)[C@]3(OC)[C@H](O)Cc5cc(C)c(C(=O)CCCCc6ccccc6)c(O)c5[C@]3(O)C4=O)C2=O)O[C@H]1C. The van der Waals surface area contributed by atoms with E-state index < -0.39 is 135 Å². The molecule has 7 rings (SSSR count). The van der Waals surface area contributed by atoms with E-state index in [-0.39, 0.29) is 17.5 Å². The van der Waals surface area contributed by atoms with Gasteiger partial charge < -0.3 is 50.2 Å². The lowest BCUT2D eigenvalue weighted by Crippen LogP contribution is -2.73. The molecule has 1 unspecified atom stereocenters. The third-order valence-electron chi connectivity index (χ3n) is 12.1. The summed E-state index contributed by atoms with van der Waals surface area (Å²) in [6.45, 7) is 2.54. The Labute approximate surface area is 332 Å². The minimum atomic E-state index is -3.22. The van der Waals surface area contributed by atoms with E-state index in [1.807, 2.05) is 30.3 Å². The van der Waals surface area contributed by atoms with Gasteiger partial charge in [0.15, 0.2) is 22.8 Å². The van der Waals surface area contributed by atoms with E-state index in [0.717, 1.165) is 24.8 Å². The minimum absolute atomic E-state index is 0.00201. The smallest absolute Gasteiger partial charge is 0.209 e. The van der Waals surface area contributed by atoms with Gasteiger partial charge in [-0.1, -0.05) is 36.4 Å². The van der Waals surface area contributed by atoms with Gasteiger partial charge in [0.2, 0.25) is 17.3 Å². The van der Waals surface area contributed by atoms with Gasteiger partial charge in [0.1, 0.15) is 23.8 Å². The Balaban J connectivity index is 1.28. The Morgan fingerprint density at radius 2 is 1.67 bits per heavy atom. The third-order valence-corrected chi connectivity index (χ3v) is 12.1. The summed E-state index contributed by atoms with van der Waals surface area (Å²) in [4.78, 5) is 71.0. The molecule has 0 amide bonds. The highest BCUT2D eigenvalue weighted by molar-refractivity contribution is 6.31. The molecule has 1 heterocycles. The molecule has 58 heavy (non-hydrogen) atoms. The lowest BCUT2D eigenvalue weighted by Gasteiger charge is -2.53. The van der Waals surface area contributed by atoms with Crippen molar-refractivity contribution < 1.29 is 68.8 Å². The van der Waals surface area contributed by atoms with Crippen molar-refractivity contribution in [3.8, 4) is 11.5 Å². The zero-order chi connectivity index (χ0) is 42.0. The van der Waals surface area contributed by atoms with E-state index in [0.29, 0.717) is 24.8 Å². The summed E-state index contributed by atoms with van der Waals surface area (Å²) >= 11 is 0. The third kappa shape index (κ3) is 5.95. The van der Waals surface area contributed by atoms with E-state index in [2.05, 4.69) is 5.32 Å². The van der Waals surface area contributed by atoms with Crippen LogP contribution in [0.15, 0.2) is 54.2 Å². The Morgan fingerprint density at radius 3 is 2.33 bits per heavy atom. The van der Waals surface area contributed by atoms with Crippen LogP contribution in [0.2, 0.25) is 0 Å². The molecular formula is C43H45NO14. The van der Waals surface area contributed by atoms with Crippen LogP contribution in [0.5, 0.6) is 11.5 Å². The van der Waals surface area contributed by atoms with Crippen molar-refractivity contribution in [1.82, 2.24) is 5.32 Å². The number of hydrogen-bond acceptors (Lipinski definition) is 15. The van der Waals surface area contributed by atoms with E-state index in [1.54, 1.807) is 13.8 Å². The second-order valence-corrected chi connectivity index (χ2v) is 15.4. The average molecular weight is 800 g/mol. The first-order valence-corrected chi connectivity index (χ1v) is 19.0. The number of aliphatic hydroxyl groups excluding tert-OH is 3. The molecule has 7 N–H and O–H groups in total. The number of fused-ring (bicyclic) bond motifs is 5. The number of unbranched alkanes of at least 4 members (excludes halogenated alkanes) is 1. The summed E-state index contributed by atoms with van der Waals surface area (Å²) in [5, 5.41) is 71.5. The number of nitrogens with one attached hydrogen (secondary N) is 1. The highest BCUT2D eigenvalue weighted by atomic mass is 16.6. The maximum absolute atomic E-state index is 14.9. The van der Waals surface area contributed by atoms with Crippen molar-refractivity contribution in [2.24, 2.45) is 5.92 Å². The number of rotatable bonds is 11. The molecular weight excluding hydrogens is 754 g/mol. The molecule has 8 atom stereocenters. The Bertz CT molecular complexity index is 2270. The monoisotopic (exact) mass is 799 g/mol. The van der Waals surface area contributed by atoms with Crippen LogP contribution in [0.25, 0.3) is 0 Å². The second-order valence-electron chi connectivity index (χ2n) is 15.4. The van der Waals surface area contributed by atoms with Crippen LogP contribution in [0.1, 0.15) is 100 Å². The largest absolute Gasteiger partial charge is 0.507 e. The number of phenolic OH excluding ortho intramolecular Hbond substituents is 2. The molecule has 0 saturated carbocycles. The summed E-state index contributed by atoms with van der Waals surface area (Å²) in [7, 11) is 2.30. The van der Waals surface area contributed by atoms with E-state index in [4.69, 9.17) is 14.2 Å². The van der Waals surface area contributed by atoms with E-state index in [1.165, 1.54) is 13.2 Å². The number of methoxy groups -OCH3 is 2. The van der Waals surface area contributed by atoms with Gasteiger partial charge in [-0.05, 0) is 55.9 Å². The zero-order valence-electron chi connectivity index (χ0n) is 32.3. The lowest BCUT2D eigenvalue weighted by molar-refractivity contribution is -0.214. The normalized spacial score (nSPS) is 28.9. The summed E-state index contributed by atoms with van der Waals surface area (Å²) in [5.74, 6) is -8.00. The number of Topliss-reactive ketones (excluding diaryl/α,β-unsaturated/α-hetero) is 4. The predicted molar refractivity (Wildman–Crippen MR) is 203 cm³/mol. The van der Waals surface area contributed by atoms with Gasteiger partial charge in [-0.25, -0.2) is 0 Å². The number of benzene rings is 3. The van der Waals surface area contributed by atoms with Gasteiger partial charge in [-0.2, -0.15) is 0 Å². The first-order valence-electron chi connectivity index (χ1n) is 19.0. The van der Waals surface area contributed by atoms with Crippen LogP contribution in [0.3, 0.4) is 0 Å². The van der Waals surface area contributed by atoms with Gasteiger partial charge in [0.05, 0.1) is 53.2 Å². The van der Waals surface area contributed by atoms with Crippen LogP contribution < -0.4 is 5.32 Å². The van der Waals surface area contributed by atoms with Crippen molar-refractivity contribution in [2.75, 3.05) is 20.8 Å². The van der Waals surface area contributed by atoms with Crippen molar-refractivity contribution in [3.63, 3.8) is 0 Å². The van der Waals surface area contributed by atoms with Gasteiger partial charge in [0, 0.05) is 49.8 Å². The molecule has 15 nitrogen and oxygen atoms in total. The highest BCUT2D eigenvalue weighted by Crippen LogP contribution is 2.56. The molecule has 1 fully saturated rings. The lowest BCUT2D eigenvalue weighted by atomic mass is 9.56. The molecule has 15 heteroatoms. The number of ketones is 5. The number of aryl methyl sites for hydroxylation is 2. The zero-order valence-corrected chi connectivity index (χ0v) is 32.3. The number of aliphatic hydroxyl groups is 4. The maximum Gasteiger partial charge on any atom is 0.209 e. The second kappa shape index (κ2) is 15.2. The number of carbonyl (C=O) groups is 5. The van der Waals surface area contributed by atoms with E-state index in [9.17, 15) is 54.6 Å². The first kappa shape index (κ1) is 41.0. The molecule has 3 aliphatic carbocycles. The first-order chi connectivity index (χ1) is 27.6. The minimum Gasteiger partial charge on any atom is -0.507 e. The molecule has 1 saturated heterocycles. The quantitative estimate of drug-likeness (QED) is 0.109. The van der Waals surface area contributed by atoms with Crippen LogP contribution in [0, 0.1) is 12.8 Å². The van der Waals surface area contributed by atoms with Gasteiger partial charge in [0.25, 0.3) is 0 Å². The molecule has 0 aromatic heterocycles. The topological polar surface area (TPSA) is 246 Å². The van der Waals surface area contributed by atoms with Gasteiger partial charge in [-0.15, -0.1) is 0 Å². The fourth-order valence-corrected chi connectivity index (χ4v) is 9.27. The number of allylic oxidation sites excluding steroid dienone is 2. The van der Waals surface area contributed by atoms with E-state index >= 15 is 0 Å². The van der Waals surface area contributed by atoms with Crippen LogP contribution in [-0.4, -0.2) is 117 Å². The molecule has 306 valence electrons. The fourth-order valence-electron chi connectivity index (χ4n) is 9.27. The number of phenols is 2. The van der Waals surface area contributed by atoms with Crippen LogP contribution >= 0.6 is 0 Å².